The normalized spacial score (nSPS) is 17.5. The van der Waals surface area contributed by atoms with E-state index in [1.807, 2.05) is 6.07 Å². The van der Waals surface area contributed by atoms with Crippen molar-refractivity contribution in [3.05, 3.63) is 22.8 Å². The molecule has 0 radical (unpaired) electrons. The lowest BCUT2D eigenvalue weighted by atomic mass is 9.71. The van der Waals surface area contributed by atoms with Gasteiger partial charge in [0, 0.05) is 5.54 Å². The highest BCUT2D eigenvalue weighted by molar-refractivity contribution is 5.55. The van der Waals surface area contributed by atoms with Gasteiger partial charge in [-0.25, -0.2) is 0 Å². The minimum absolute atomic E-state index is 0.158. The highest BCUT2D eigenvalue weighted by atomic mass is 16.5. The molecule has 0 unspecified atom stereocenters. The van der Waals surface area contributed by atoms with E-state index in [2.05, 4.69) is 13.8 Å². The molecular formula is C14H21NO2. The van der Waals surface area contributed by atoms with Gasteiger partial charge in [0.2, 0.25) is 0 Å². The summed E-state index contributed by atoms with van der Waals surface area (Å²) in [5.41, 5.74) is 9.81. The van der Waals surface area contributed by atoms with Crippen LogP contribution in [0.25, 0.3) is 0 Å². The van der Waals surface area contributed by atoms with E-state index in [1.54, 1.807) is 14.2 Å². The summed E-state index contributed by atoms with van der Waals surface area (Å²) in [6.45, 7) is 4.17. The van der Waals surface area contributed by atoms with Crippen LogP contribution in [0.1, 0.15) is 36.0 Å². The molecule has 0 heterocycles. The number of nitrogens with two attached hydrogens (primary N) is 1. The number of hydrogen-bond donors (Lipinski definition) is 1. The van der Waals surface area contributed by atoms with Gasteiger partial charge in [-0.3, -0.25) is 0 Å². The number of ether oxygens (including phenoxy) is 2. The van der Waals surface area contributed by atoms with Gasteiger partial charge in [0.15, 0.2) is 11.5 Å². The van der Waals surface area contributed by atoms with Crippen molar-refractivity contribution in [3.63, 3.8) is 0 Å². The first-order valence-electron chi connectivity index (χ1n) is 6.05. The van der Waals surface area contributed by atoms with Gasteiger partial charge >= 0.3 is 0 Å². The summed E-state index contributed by atoms with van der Waals surface area (Å²) in [6.07, 6.45) is 3.33. The SMILES string of the molecule is COc1cc(C2(N)CCC2)c(C)c(C)c1OC. The standard InChI is InChI=1S/C14H21NO2/c1-9-10(2)13(17-4)12(16-3)8-11(9)14(15)6-5-7-14/h8H,5-7,15H2,1-4H3. The number of hydrogen-bond acceptors (Lipinski definition) is 3. The topological polar surface area (TPSA) is 44.5 Å². The van der Waals surface area contributed by atoms with E-state index in [0.29, 0.717) is 0 Å². The number of rotatable bonds is 3. The zero-order chi connectivity index (χ0) is 12.6. The smallest absolute Gasteiger partial charge is 0.163 e. The van der Waals surface area contributed by atoms with Gasteiger partial charge < -0.3 is 15.2 Å². The van der Waals surface area contributed by atoms with E-state index in [1.165, 1.54) is 17.5 Å². The summed E-state index contributed by atoms with van der Waals surface area (Å²) in [6, 6.07) is 2.04. The number of methoxy groups -OCH3 is 2. The van der Waals surface area contributed by atoms with E-state index in [-0.39, 0.29) is 5.54 Å². The monoisotopic (exact) mass is 235 g/mol. The Morgan fingerprint density at radius 2 is 1.76 bits per heavy atom. The van der Waals surface area contributed by atoms with E-state index in [0.717, 1.165) is 29.9 Å². The maximum atomic E-state index is 6.41. The van der Waals surface area contributed by atoms with Crippen LogP contribution in [-0.4, -0.2) is 14.2 Å². The predicted molar refractivity (Wildman–Crippen MR) is 68.7 cm³/mol. The molecule has 3 nitrogen and oxygen atoms in total. The summed E-state index contributed by atoms with van der Waals surface area (Å²) < 4.78 is 10.8. The lowest BCUT2D eigenvalue weighted by Gasteiger charge is -2.40. The third kappa shape index (κ3) is 1.78. The van der Waals surface area contributed by atoms with Crippen molar-refractivity contribution in [1.82, 2.24) is 0 Å². The van der Waals surface area contributed by atoms with Crippen molar-refractivity contribution in [1.29, 1.82) is 0 Å². The van der Waals surface area contributed by atoms with Crippen molar-refractivity contribution < 1.29 is 9.47 Å². The molecule has 1 aromatic rings. The highest BCUT2D eigenvalue weighted by Crippen LogP contribution is 2.45. The Labute approximate surface area is 103 Å². The average molecular weight is 235 g/mol. The van der Waals surface area contributed by atoms with Crippen LogP contribution in [0.2, 0.25) is 0 Å². The van der Waals surface area contributed by atoms with Crippen LogP contribution in [0.3, 0.4) is 0 Å². The molecule has 1 fully saturated rings. The molecule has 1 aliphatic carbocycles. The van der Waals surface area contributed by atoms with E-state index in [9.17, 15) is 0 Å². The fourth-order valence-corrected chi connectivity index (χ4v) is 2.61. The second-order valence-corrected chi connectivity index (χ2v) is 4.92. The average Bonchev–Trinajstić information content (AvgIpc) is 2.29. The molecule has 0 saturated heterocycles. The van der Waals surface area contributed by atoms with Crippen LogP contribution in [0.4, 0.5) is 0 Å². The summed E-state index contributed by atoms with van der Waals surface area (Å²) in [7, 11) is 3.34. The molecular weight excluding hydrogens is 214 g/mol. The van der Waals surface area contributed by atoms with E-state index < -0.39 is 0 Å². The molecule has 94 valence electrons. The van der Waals surface area contributed by atoms with E-state index >= 15 is 0 Å². The maximum Gasteiger partial charge on any atom is 0.163 e. The Morgan fingerprint density at radius 3 is 2.18 bits per heavy atom. The van der Waals surface area contributed by atoms with Crippen LogP contribution < -0.4 is 15.2 Å². The molecule has 0 spiro atoms. The molecule has 0 aromatic heterocycles. The molecule has 2 rings (SSSR count). The first-order chi connectivity index (χ1) is 8.03. The van der Waals surface area contributed by atoms with Crippen molar-refractivity contribution in [2.24, 2.45) is 5.73 Å². The second kappa shape index (κ2) is 4.22. The largest absolute Gasteiger partial charge is 0.493 e. The molecule has 0 atom stereocenters. The Balaban J connectivity index is 2.58. The van der Waals surface area contributed by atoms with Crippen molar-refractivity contribution >= 4 is 0 Å². The van der Waals surface area contributed by atoms with Crippen molar-refractivity contribution in [2.45, 2.75) is 38.6 Å². The first-order valence-corrected chi connectivity index (χ1v) is 6.05. The fraction of sp³-hybridized carbons (Fsp3) is 0.571. The maximum absolute atomic E-state index is 6.41. The Kier molecular flexibility index (Phi) is 3.04. The van der Waals surface area contributed by atoms with Gasteiger partial charge in [-0.2, -0.15) is 0 Å². The lowest BCUT2D eigenvalue weighted by molar-refractivity contribution is 0.250. The third-order valence-electron chi connectivity index (χ3n) is 4.01. The molecule has 0 bridgehead atoms. The van der Waals surface area contributed by atoms with Crippen LogP contribution in [0, 0.1) is 13.8 Å². The van der Waals surface area contributed by atoms with Crippen molar-refractivity contribution in [2.75, 3.05) is 14.2 Å². The van der Waals surface area contributed by atoms with Gasteiger partial charge in [0.25, 0.3) is 0 Å². The second-order valence-electron chi connectivity index (χ2n) is 4.92. The molecule has 3 heteroatoms. The summed E-state index contributed by atoms with van der Waals surface area (Å²) >= 11 is 0. The quantitative estimate of drug-likeness (QED) is 0.876. The Morgan fingerprint density at radius 1 is 1.12 bits per heavy atom. The summed E-state index contributed by atoms with van der Waals surface area (Å²) in [4.78, 5) is 0. The zero-order valence-corrected chi connectivity index (χ0v) is 11.1. The highest BCUT2D eigenvalue weighted by Gasteiger charge is 2.36. The van der Waals surface area contributed by atoms with Gasteiger partial charge in [0.1, 0.15) is 0 Å². The van der Waals surface area contributed by atoms with Crippen LogP contribution >= 0.6 is 0 Å². The van der Waals surface area contributed by atoms with Crippen LogP contribution in [0.5, 0.6) is 11.5 Å². The van der Waals surface area contributed by atoms with Gasteiger partial charge in [-0.15, -0.1) is 0 Å². The minimum atomic E-state index is -0.158. The third-order valence-corrected chi connectivity index (χ3v) is 4.01. The fourth-order valence-electron chi connectivity index (χ4n) is 2.61. The Hall–Kier alpha value is -1.22. The molecule has 0 aliphatic heterocycles. The summed E-state index contributed by atoms with van der Waals surface area (Å²) in [5, 5.41) is 0. The van der Waals surface area contributed by atoms with Crippen LogP contribution in [0.15, 0.2) is 6.07 Å². The first kappa shape index (κ1) is 12.2. The Bertz CT molecular complexity index is 436. The van der Waals surface area contributed by atoms with Crippen molar-refractivity contribution in [3.8, 4) is 11.5 Å². The van der Waals surface area contributed by atoms with Gasteiger partial charge in [-0.1, -0.05) is 0 Å². The van der Waals surface area contributed by atoms with Crippen LogP contribution in [-0.2, 0) is 5.54 Å². The molecule has 1 aliphatic rings. The zero-order valence-electron chi connectivity index (χ0n) is 11.1. The molecule has 17 heavy (non-hydrogen) atoms. The van der Waals surface area contributed by atoms with Gasteiger partial charge in [-0.05, 0) is 55.9 Å². The minimum Gasteiger partial charge on any atom is -0.493 e. The molecule has 1 saturated carbocycles. The predicted octanol–water partition coefficient (Wildman–Crippen LogP) is 2.66. The lowest BCUT2D eigenvalue weighted by Crippen LogP contribution is -2.44. The summed E-state index contributed by atoms with van der Waals surface area (Å²) in [5.74, 6) is 1.60. The van der Waals surface area contributed by atoms with E-state index in [4.69, 9.17) is 15.2 Å². The molecule has 2 N–H and O–H groups in total. The number of benzene rings is 1. The van der Waals surface area contributed by atoms with Gasteiger partial charge in [0.05, 0.1) is 14.2 Å². The molecule has 1 aromatic carbocycles. The molecule has 0 amide bonds.